The number of hydrogen-bond donors (Lipinski definition) is 1. The fourth-order valence-corrected chi connectivity index (χ4v) is 6.44. The van der Waals surface area contributed by atoms with E-state index in [-0.39, 0.29) is 0 Å². The molecule has 4 fully saturated rings. The molecule has 4 aliphatic carbocycles. The van der Waals surface area contributed by atoms with Crippen molar-refractivity contribution in [2.45, 2.75) is 50.6 Å². The Bertz CT molecular complexity index is 477. The quantitative estimate of drug-likeness (QED) is 0.886. The number of halogens is 1. The van der Waals surface area contributed by atoms with Gasteiger partial charge in [-0.05, 0) is 56.3 Å². The Kier molecular flexibility index (Phi) is 3.28. The summed E-state index contributed by atoms with van der Waals surface area (Å²) < 4.78 is 6.25. The lowest BCUT2D eigenvalue weighted by atomic mass is 9.53. The van der Waals surface area contributed by atoms with Crippen molar-refractivity contribution in [2.24, 2.45) is 17.8 Å². The Balaban J connectivity index is 1.49. The molecule has 110 valence electrons. The van der Waals surface area contributed by atoms with Crippen LogP contribution in [0.5, 0.6) is 5.75 Å². The zero-order chi connectivity index (χ0) is 13.7. The van der Waals surface area contributed by atoms with Crippen LogP contribution in [0.3, 0.4) is 0 Å². The summed E-state index contributed by atoms with van der Waals surface area (Å²) in [5, 5.41) is 3.90. The molecule has 4 heteroatoms. The van der Waals surface area contributed by atoms with Crippen LogP contribution >= 0.6 is 22.9 Å². The average Bonchev–Trinajstić information content (AvgIpc) is 2.75. The predicted octanol–water partition coefficient (Wildman–Crippen LogP) is 4.47. The zero-order valence-corrected chi connectivity index (χ0v) is 13.5. The van der Waals surface area contributed by atoms with Gasteiger partial charge in [-0.3, -0.25) is 0 Å². The SMILES string of the molecule is COc1cc(Cl)sc1CNC12CC3CC(CC(C3)C1)C2. The van der Waals surface area contributed by atoms with Gasteiger partial charge in [0.2, 0.25) is 0 Å². The first-order chi connectivity index (χ1) is 9.66. The van der Waals surface area contributed by atoms with E-state index in [0.29, 0.717) is 5.54 Å². The van der Waals surface area contributed by atoms with Gasteiger partial charge in [0.15, 0.2) is 0 Å². The van der Waals surface area contributed by atoms with Crippen molar-refractivity contribution < 1.29 is 4.74 Å². The largest absolute Gasteiger partial charge is 0.495 e. The van der Waals surface area contributed by atoms with Crippen molar-refractivity contribution in [2.75, 3.05) is 7.11 Å². The summed E-state index contributed by atoms with van der Waals surface area (Å²) in [5.41, 5.74) is 0.413. The third kappa shape index (κ3) is 2.28. The second-order valence-electron chi connectivity index (χ2n) is 7.09. The Hall–Kier alpha value is -0.250. The monoisotopic (exact) mass is 311 g/mol. The molecule has 20 heavy (non-hydrogen) atoms. The fourth-order valence-electron chi connectivity index (χ4n) is 5.27. The summed E-state index contributed by atoms with van der Waals surface area (Å²) in [6.45, 7) is 0.909. The Morgan fingerprint density at radius 2 is 1.85 bits per heavy atom. The highest BCUT2D eigenvalue weighted by molar-refractivity contribution is 7.16. The highest BCUT2D eigenvalue weighted by Gasteiger charge is 2.50. The molecular formula is C16H22ClNOS. The lowest BCUT2D eigenvalue weighted by Gasteiger charge is -2.57. The minimum Gasteiger partial charge on any atom is -0.495 e. The molecule has 0 aliphatic heterocycles. The highest BCUT2D eigenvalue weighted by atomic mass is 35.5. The maximum Gasteiger partial charge on any atom is 0.135 e. The van der Waals surface area contributed by atoms with Crippen LogP contribution in [-0.4, -0.2) is 12.6 Å². The van der Waals surface area contributed by atoms with E-state index in [1.54, 1.807) is 18.4 Å². The maximum absolute atomic E-state index is 6.11. The molecule has 0 spiro atoms. The lowest BCUT2D eigenvalue weighted by Crippen LogP contribution is -2.58. The molecule has 1 N–H and O–H groups in total. The Morgan fingerprint density at radius 3 is 2.40 bits per heavy atom. The van der Waals surface area contributed by atoms with Gasteiger partial charge in [0.25, 0.3) is 0 Å². The van der Waals surface area contributed by atoms with E-state index in [2.05, 4.69) is 5.32 Å². The fraction of sp³-hybridized carbons (Fsp3) is 0.750. The van der Waals surface area contributed by atoms with Crippen LogP contribution in [0.2, 0.25) is 4.34 Å². The van der Waals surface area contributed by atoms with Gasteiger partial charge >= 0.3 is 0 Å². The van der Waals surface area contributed by atoms with Crippen molar-refractivity contribution in [1.29, 1.82) is 0 Å². The van der Waals surface area contributed by atoms with E-state index in [0.717, 1.165) is 34.4 Å². The standard InChI is InChI=1S/C16H22ClNOS/c1-19-13-5-15(17)20-14(13)9-18-16-6-10-2-11(7-16)4-12(3-10)8-16/h5,10-12,18H,2-4,6-9H2,1H3. The molecule has 0 unspecified atom stereocenters. The van der Waals surface area contributed by atoms with Gasteiger partial charge < -0.3 is 10.1 Å². The predicted molar refractivity (Wildman–Crippen MR) is 83.6 cm³/mol. The van der Waals surface area contributed by atoms with Gasteiger partial charge in [0.1, 0.15) is 5.75 Å². The Labute approximate surface area is 129 Å². The first-order valence-electron chi connectivity index (χ1n) is 7.73. The van der Waals surface area contributed by atoms with Crippen molar-refractivity contribution in [3.8, 4) is 5.75 Å². The van der Waals surface area contributed by atoms with Crippen LogP contribution in [-0.2, 0) is 6.54 Å². The van der Waals surface area contributed by atoms with Gasteiger partial charge in [-0.15, -0.1) is 11.3 Å². The van der Waals surface area contributed by atoms with Crippen LogP contribution in [0.25, 0.3) is 0 Å². The number of ether oxygens (including phenoxy) is 1. The zero-order valence-electron chi connectivity index (χ0n) is 12.0. The molecule has 4 saturated carbocycles. The molecule has 5 rings (SSSR count). The maximum atomic E-state index is 6.11. The third-order valence-corrected chi connectivity index (χ3v) is 6.87. The second-order valence-corrected chi connectivity index (χ2v) is 8.86. The first-order valence-corrected chi connectivity index (χ1v) is 8.92. The first kappa shape index (κ1) is 13.4. The number of hydrogen-bond acceptors (Lipinski definition) is 3. The van der Waals surface area contributed by atoms with Crippen LogP contribution in [0.4, 0.5) is 0 Å². The van der Waals surface area contributed by atoms with Crippen molar-refractivity contribution in [3.05, 3.63) is 15.3 Å². The van der Waals surface area contributed by atoms with Crippen molar-refractivity contribution >= 4 is 22.9 Å². The van der Waals surface area contributed by atoms with Gasteiger partial charge in [-0.1, -0.05) is 11.6 Å². The van der Waals surface area contributed by atoms with E-state index in [4.69, 9.17) is 16.3 Å². The van der Waals surface area contributed by atoms with E-state index in [1.807, 2.05) is 6.07 Å². The van der Waals surface area contributed by atoms with E-state index in [9.17, 15) is 0 Å². The summed E-state index contributed by atoms with van der Waals surface area (Å²) in [4.78, 5) is 1.24. The van der Waals surface area contributed by atoms with E-state index in [1.165, 1.54) is 43.4 Å². The van der Waals surface area contributed by atoms with E-state index >= 15 is 0 Å². The van der Waals surface area contributed by atoms with Gasteiger partial charge in [0.05, 0.1) is 16.3 Å². The van der Waals surface area contributed by atoms with Crippen molar-refractivity contribution in [1.82, 2.24) is 5.32 Å². The molecule has 0 radical (unpaired) electrons. The summed E-state index contributed by atoms with van der Waals surface area (Å²) in [6.07, 6.45) is 8.65. The number of nitrogens with one attached hydrogen (secondary N) is 1. The molecule has 1 aromatic heterocycles. The summed E-state index contributed by atoms with van der Waals surface area (Å²) >= 11 is 7.76. The van der Waals surface area contributed by atoms with Crippen LogP contribution in [0.1, 0.15) is 43.4 Å². The molecule has 4 aliphatic rings. The van der Waals surface area contributed by atoms with Crippen LogP contribution in [0.15, 0.2) is 6.07 Å². The van der Waals surface area contributed by atoms with Crippen LogP contribution in [0, 0.1) is 17.8 Å². The molecular weight excluding hydrogens is 290 g/mol. The molecule has 0 saturated heterocycles. The molecule has 1 heterocycles. The minimum absolute atomic E-state index is 0.413. The smallest absolute Gasteiger partial charge is 0.135 e. The van der Waals surface area contributed by atoms with Gasteiger partial charge in [-0.2, -0.15) is 0 Å². The topological polar surface area (TPSA) is 21.3 Å². The summed E-state index contributed by atoms with van der Waals surface area (Å²) in [5.74, 6) is 3.91. The van der Waals surface area contributed by atoms with Crippen molar-refractivity contribution in [3.63, 3.8) is 0 Å². The lowest BCUT2D eigenvalue weighted by molar-refractivity contribution is -0.0205. The highest BCUT2D eigenvalue weighted by Crippen LogP contribution is 2.55. The molecule has 0 aromatic carbocycles. The molecule has 1 aromatic rings. The summed E-state index contributed by atoms with van der Waals surface area (Å²) in [6, 6.07) is 1.93. The summed E-state index contributed by atoms with van der Waals surface area (Å²) in [7, 11) is 1.73. The Morgan fingerprint density at radius 1 is 1.25 bits per heavy atom. The average molecular weight is 312 g/mol. The van der Waals surface area contributed by atoms with Gasteiger partial charge in [-0.25, -0.2) is 0 Å². The molecule has 4 bridgehead atoms. The number of rotatable bonds is 4. The minimum atomic E-state index is 0.413. The molecule has 0 atom stereocenters. The number of thiophene rings is 1. The second kappa shape index (κ2) is 4.89. The molecule has 0 amide bonds. The third-order valence-electron chi connectivity index (χ3n) is 5.62. The number of methoxy groups -OCH3 is 1. The molecule has 2 nitrogen and oxygen atoms in total. The van der Waals surface area contributed by atoms with Crippen LogP contribution < -0.4 is 10.1 Å². The normalized spacial score (nSPS) is 38.4. The van der Waals surface area contributed by atoms with Gasteiger partial charge in [0, 0.05) is 18.2 Å². The van der Waals surface area contributed by atoms with E-state index < -0.39 is 0 Å².